The average Bonchev–Trinajstić information content (AvgIpc) is 3.52. The van der Waals surface area contributed by atoms with Gasteiger partial charge in [0.25, 0.3) is 0 Å². The van der Waals surface area contributed by atoms with Crippen LogP contribution in [0.5, 0.6) is 5.75 Å². The third-order valence-corrected chi connectivity index (χ3v) is 8.64. The topological polar surface area (TPSA) is 92.5 Å². The number of benzene rings is 3. The van der Waals surface area contributed by atoms with E-state index < -0.39 is 23.0 Å². The first-order valence-corrected chi connectivity index (χ1v) is 12.9. The number of aromatic nitrogens is 1. The lowest BCUT2D eigenvalue weighted by Crippen LogP contribution is -2.43. The van der Waals surface area contributed by atoms with Crippen LogP contribution in [0.25, 0.3) is 21.7 Å². The van der Waals surface area contributed by atoms with Gasteiger partial charge in [-0.05, 0) is 49.4 Å². The van der Waals surface area contributed by atoms with Gasteiger partial charge >= 0.3 is 0 Å². The number of carbonyl (C=O) groups excluding carboxylic acids is 2. The summed E-state index contributed by atoms with van der Waals surface area (Å²) in [4.78, 5) is 33.5. The van der Waals surface area contributed by atoms with Crippen molar-refractivity contribution in [2.45, 2.75) is 37.4 Å². The fourth-order valence-corrected chi connectivity index (χ4v) is 6.89. The maximum atomic E-state index is 14.0. The molecular formula is C31H25N3O4. The van der Waals surface area contributed by atoms with Gasteiger partial charge in [0, 0.05) is 29.5 Å². The van der Waals surface area contributed by atoms with Crippen molar-refractivity contribution in [1.29, 1.82) is 5.26 Å². The second-order valence-electron chi connectivity index (χ2n) is 10.7. The molecule has 0 radical (unpaired) electrons. The normalized spacial score (nSPS) is 27.7. The van der Waals surface area contributed by atoms with Crippen LogP contribution < -0.4 is 9.64 Å². The average molecular weight is 504 g/mol. The summed E-state index contributed by atoms with van der Waals surface area (Å²) in [7, 11) is 0. The molecule has 3 aromatic carbocycles. The van der Waals surface area contributed by atoms with E-state index in [1.54, 1.807) is 12.3 Å². The van der Waals surface area contributed by atoms with E-state index in [1.807, 2.05) is 67.6 Å². The van der Waals surface area contributed by atoms with Gasteiger partial charge in [-0.1, -0.05) is 36.4 Å². The molecule has 4 unspecified atom stereocenters. The molecule has 1 aromatic heterocycles. The number of hydrogen-bond acceptors (Lipinski definition) is 6. The Labute approximate surface area is 219 Å². The SMILES string of the molecule is CC12CCC(CCOc3ccc4cccnc4c3)(O1)C1C(=O)N(c3ccc4ccccc4c3C#N)C(=O)C12. The zero-order valence-corrected chi connectivity index (χ0v) is 20.9. The van der Waals surface area contributed by atoms with Gasteiger partial charge in [-0.3, -0.25) is 14.6 Å². The molecule has 0 aliphatic carbocycles. The van der Waals surface area contributed by atoms with Crippen molar-refractivity contribution in [3.8, 4) is 11.8 Å². The number of fused-ring (bicyclic) bond motifs is 7. The van der Waals surface area contributed by atoms with E-state index in [0.717, 1.165) is 21.7 Å². The Hall–Kier alpha value is -4.28. The molecule has 7 nitrogen and oxygen atoms in total. The standard InChI is InChI=1S/C31H25N3O4/c1-30-12-13-31(38-30,14-16-37-21-10-8-20-6-4-15-33-24(20)17-21)27-26(30)28(35)34(29(27)36)25-11-9-19-5-2-3-7-22(19)23(25)18-32/h2-11,15,17,26-27H,12-14,16H2,1H3. The van der Waals surface area contributed by atoms with Crippen LogP contribution in [0.4, 0.5) is 5.69 Å². The highest BCUT2D eigenvalue weighted by Gasteiger charge is 2.74. The fraction of sp³-hybridized carbons (Fsp3) is 0.290. The first-order valence-electron chi connectivity index (χ1n) is 12.9. The minimum absolute atomic E-state index is 0.280. The third kappa shape index (κ3) is 3.13. The number of nitriles is 1. The number of anilines is 1. The van der Waals surface area contributed by atoms with Crippen LogP contribution in [0.1, 0.15) is 31.7 Å². The molecule has 4 aromatic rings. The number of nitrogens with zero attached hydrogens (tertiary/aromatic N) is 3. The number of pyridine rings is 1. The Morgan fingerprint density at radius 2 is 1.82 bits per heavy atom. The Morgan fingerprint density at radius 3 is 2.68 bits per heavy atom. The number of imide groups is 1. The van der Waals surface area contributed by atoms with Gasteiger partial charge in [-0.25, -0.2) is 4.90 Å². The van der Waals surface area contributed by atoms with Crippen molar-refractivity contribution in [2.24, 2.45) is 11.8 Å². The summed E-state index contributed by atoms with van der Waals surface area (Å²) in [5, 5.41) is 12.7. The van der Waals surface area contributed by atoms with E-state index in [4.69, 9.17) is 9.47 Å². The van der Waals surface area contributed by atoms with Crippen LogP contribution in [0.3, 0.4) is 0 Å². The second-order valence-corrected chi connectivity index (χ2v) is 10.7. The summed E-state index contributed by atoms with van der Waals surface area (Å²) in [6.07, 6.45) is 3.62. The van der Waals surface area contributed by atoms with E-state index in [2.05, 4.69) is 11.1 Å². The molecule has 3 fully saturated rings. The van der Waals surface area contributed by atoms with Gasteiger partial charge in [0.2, 0.25) is 11.8 Å². The molecule has 0 spiro atoms. The molecule has 3 saturated heterocycles. The largest absolute Gasteiger partial charge is 0.493 e. The zero-order valence-electron chi connectivity index (χ0n) is 20.9. The highest BCUT2D eigenvalue weighted by atomic mass is 16.5. The Bertz CT molecular complexity index is 1690. The minimum Gasteiger partial charge on any atom is -0.493 e. The van der Waals surface area contributed by atoms with Crippen LogP contribution in [0.15, 0.2) is 72.9 Å². The predicted octanol–water partition coefficient (Wildman–Crippen LogP) is 5.16. The maximum absolute atomic E-state index is 14.0. The molecule has 3 aliphatic rings. The summed E-state index contributed by atoms with van der Waals surface area (Å²) in [6, 6.07) is 23.0. The van der Waals surface area contributed by atoms with E-state index in [-0.39, 0.29) is 11.8 Å². The Kier molecular flexibility index (Phi) is 4.88. The molecule has 4 heterocycles. The third-order valence-electron chi connectivity index (χ3n) is 8.64. The first-order chi connectivity index (χ1) is 18.4. The van der Waals surface area contributed by atoms with Crippen molar-refractivity contribution in [3.05, 3.63) is 78.5 Å². The van der Waals surface area contributed by atoms with Gasteiger partial charge in [-0.2, -0.15) is 5.26 Å². The first kappa shape index (κ1) is 22.9. The number of rotatable bonds is 5. The molecular weight excluding hydrogens is 478 g/mol. The lowest BCUT2D eigenvalue weighted by atomic mass is 9.67. The van der Waals surface area contributed by atoms with Gasteiger partial charge < -0.3 is 9.47 Å². The van der Waals surface area contributed by atoms with Crippen molar-refractivity contribution in [1.82, 2.24) is 4.98 Å². The number of amides is 2. The summed E-state index contributed by atoms with van der Waals surface area (Å²) in [6.45, 7) is 2.29. The molecule has 2 bridgehead atoms. The fourth-order valence-electron chi connectivity index (χ4n) is 6.89. The van der Waals surface area contributed by atoms with Gasteiger partial charge in [-0.15, -0.1) is 0 Å². The Morgan fingerprint density at radius 1 is 1.03 bits per heavy atom. The van der Waals surface area contributed by atoms with Crippen LogP contribution in [0, 0.1) is 23.2 Å². The summed E-state index contributed by atoms with van der Waals surface area (Å²) >= 11 is 0. The molecule has 38 heavy (non-hydrogen) atoms. The molecule has 3 aliphatic heterocycles. The predicted molar refractivity (Wildman–Crippen MR) is 141 cm³/mol. The van der Waals surface area contributed by atoms with Crippen LogP contribution in [-0.4, -0.2) is 34.6 Å². The Balaban J connectivity index is 1.19. The lowest BCUT2D eigenvalue weighted by Gasteiger charge is -2.31. The number of carbonyl (C=O) groups is 2. The summed E-state index contributed by atoms with van der Waals surface area (Å²) in [5.41, 5.74) is 0.0475. The van der Waals surface area contributed by atoms with Crippen molar-refractivity contribution in [2.75, 3.05) is 11.5 Å². The lowest BCUT2D eigenvalue weighted by molar-refractivity contribution is -0.131. The molecule has 7 heteroatoms. The van der Waals surface area contributed by atoms with Crippen molar-refractivity contribution < 1.29 is 19.1 Å². The highest BCUT2D eigenvalue weighted by Crippen LogP contribution is 2.62. The van der Waals surface area contributed by atoms with Gasteiger partial charge in [0.05, 0.1) is 46.4 Å². The molecule has 0 N–H and O–H groups in total. The van der Waals surface area contributed by atoms with Crippen LogP contribution in [-0.2, 0) is 14.3 Å². The second kappa shape index (κ2) is 8.11. The molecule has 4 atom stereocenters. The van der Waals surface area contributed by atoms with Gasteiger partial charge in [0.15, 0.2) is 0 Å². The van der Waals surface area contributed by atoms with Gasteiger partial charge in [0.1, 0.15) is 11.8 Å². The van der Waals surface area contributed by atoms with Crippen molar-refractivity contribution in [3.63, 3.8) is 0 Å². The number of ether oxygens (including phenoxy) is 2. The number of hydrogen-bond donors (Lipinski definition) is 0. The zero-order chi connectivity index (χ0) is 26.1. The summed E-state index contributed by atoms with van der Waals surface area (Å²) < 4.78 is 12.6. The van der Waals surface area contributed by atoms with Crippen LogP contribution in [0.2, 0.25) is 0 Å². The van der Waals surface area contributed by atoms with Crippen LogP contribution >= 0.6 is 0 Å². The maximum Gasteiger partial charge on any atom is 0.240 e. The molecule has 7 rings (SSSR count). The smallest absolute Gasteiger partial charge is 0.240 e. The van der Waals surface area contributed by atoms with E-state index in [9.17, 15) is 14.9 Å². The van der Waals surface area contributed by atoms with E-state index in [1.165, 1.54) is 4.90 Å². The highest BCUT2D eigenvalue weighted by molar-refractivity contribution is 6.24. The molecule has 188 valence electrons. The minimum atomic E-state index is -0.778. The quantitative estimate of drug-likeness (QED) is 0.350. The van der Waals surface area contributed by atoms with E-state index in [0.29, 0.717) is 42.9 Å². The van der Waals surface area contributed by atoms with E-state index >= 15 is 0 Å². The monoisotopic (exact) mass is 503 g/mol. The molecule has 0 saturated carbocycles. The summed E-state index contributed by atoms with van der Waals surface area (Å²) in [5.74, 6) is -1.05. The molecule has 2 amide bonds. The van der Waals surface area contributed by atoms with Crippen molar-refractivity contribution >= 4 is 39.2 Å².